The fraction of sp³-hybridized carbons (Fsp3) is 0.364. The molecule has 0 saturated carbocycles. The molecule has 94 valence electrons. The molecule has 0 aliphatic carbocycles. The van der Waals surface area contributed by atoms with Crippen LogP contribution in [-0.2, 0) is 11.2 Å². The summed E-state index contributed by atoms with van der Waals surface area (Å²) < 4.78 is 0. The van der Waals surface area contributed by atoms with Crippen LogP contribution in [0, 0.1) is 0 Å². The van der Waals surface area contributed by atoms with E-state index in [0.717, 1.165) is 5.56 Å². The highest BCUT2D eigenvalue weighted by molar-refractivity contribution is 6.42. The number of carbonyl (C=O) groups is 1. The van der Waals surface area contributed by atoms with E-state index in [1.165, 1.54) is 0 Å². The van der Waals surface area contributed by atoms with Gasteiger partial charge in [-0.05, 0) is 24.1 Å². The summed E-state index contributed by atoms with van der Waals surface area (Å²) in [6, 6.07) is 4.43. The zero-order chi connectivity index (χ0) is 12.8. The highest BCUT2D eigenvalue weighted by atomic mass is 35.5. The van der Waals surface area contributed by atoms with Crippen molar-refractivity contribution in [3.8, 4) is 0 Å². The van der Waals surface area contributed by atoms with Gasteiger partial charge in [-0.2, -0.15) is 0 Å². The van der Waals surface area contributed by atoms with E-state index in [2.05, 4.69) is 5.32 Å². The summed E-state index contributed by atoms with van der Waals surface area (Å²) in [5, 5.41) is 12.3. The summed E-state index contributed by atoms with van der Waals surface area (Å²) in [5.74, 6) is -0.368. The van der Waals surface area contributed by atoms with Crippen molar-refractivity contribution in [3.63, 3.8) is 0 Å². The third-order valence-electron chi connectivity index (χ3n) is 2.23. The fourth-order valence-electron chi connectivity index (χ4n) is 1.24. The maximum Gasteiger partial charge on any atom is 0.239 e. The third-order valence-corrected chi connectivity index (χ3v) is 2.97. The number of aliphatic hydroxyl groups excluding tert-OH is 1. The number of benzene rings is 1. The normalized spacial score (nSPS) is 12.2. The predicted molar refractivity (Wildman–Crippen MR) is 68.2 cm³/mol. The van der Waals surface area contributed by atoms with Gasteiger partial charge >= 0.3 is 0 Å². The average molecular weight is 277 g/mol. The molecule has 1 rings (SSSR count). The van der Waals surface area contributed by atoms with Crippen LogP contribution in [0.25, 0.3) is 0 Å². The molecule has 1 atom stereocenters. The minimum atomic E-state index is -0.871. The molecular weight excluding hydrogens is 263 g/mol. The Morgan fingerprint density at radius 1 is 1.41 bits per heavy atom. The molecule has 1 amide bonds. The highest BCUT2D eigenvalue weighted by Gasteiger charge is 2.10. The van der Waals surface area contributed by atoms with Crippen molar-refractivity contribution in [3.05, 3.63) is 33.8 Å². The van der Waals surface area contributed by atoms with Crippen LogP contribution in [0.1, 0.15) is 5.56 Å². The Kier molecular flexibility index (Phi) is 5.71. The van der Waals surface area contributed by atoms with Crippen molar-refractivity contribution >= 4 is 29.1 Å². The molecule has 0 radical (unpaired) electrons. The van der Waals surface area contributed by atoms with E-state index >= 15 is 0 Å². The van der Waals surface area contributed by atoms with Crippen molar-refractivity contribution in [2.24, 2.45) is 5.73 Å². The van der Waals surface area contributed by atoms with Crippen LogP contribution >= 0.6 is 23.2 Å². The number of carbonyl (C=O) groups excluding carboxylic acids is 1. The Labute approximate surface area is 110 Å². The Hall–Kier alpha value is -0.810. The first-order valence-electron chi connectivity index (χ1n) is 5.12. The quantitative estimate of drug-likeness (QED) is 0.750. The second kappa shape index (κ2) is 6.81. The van der Waals surface area contributed by atoms with Gasteiger partial charge in [-0.25, -0.2) is 0 Å². The van der Waals surface area contributed by atoms with Crippen LogP contribution in [0.3, 0.4) is 0 Å². The van der Waals surface area contributed by atoms with Gasteiger partial charge in [0, 0.05) is 6.54 Å². The minimum Gasteiger partial charge on any atom is -0.394 e. The van der Waals surface area contributed by atoms with Gasteiger partial charge in [0.2, 0.25) is 5.91 Å². The molecule has 0 aromatic heterocycles. The van der Waals surface area contributed by atoms with E-state index < -0.39 is 6.04 Å². The van der Waals surface area contributed by atoms with Crippen LogP contribution in [0.15, 0.2) is 18.2 Å². The standard InChI is InChI=1S/C11H14Cl2N2O2/c12-8-2-1-7(5-9(8)13)3-4-15-11(17)10(14)6-16/h1-2,5,10,16H,3-4,6,14H2,(H,15,17). The maximum absolute atomic E-state index is 11.2. The predicted octanol–water partition coefficient (Wildman–Crippen LogP) is 0.972. The molecule has 4 N–H and O–H groups in total. The lowest BCUT2D eigenvalue weighted by molar-refractivity contribution is -0.123. The lowest BCUT2D eigenvalue weighted by Crippen LogP contribution is -2.43. The van der Waals surface area contributed by atoms with Crippen molar-refractivity contribution < 1.29 is 9.90 Å². The summed E-state index contributed by atoms with van der Waals surface area (Å²) in [7, 11) is 0. The van der Waals surface area contributed by atoms with E-state index in [-0.39, 0.29) is 12.5 Å². The molecule has 4 nitrogen and oxygen atoms in total. The second-order valence-corrected chi connectivity index (χ2v) is 4.39. The second-order valence-electron chi connectivity index (χ2n) is 3.58. The van der Waals surface area contributed by atoms with Gasteiger partial charge in [0.05, 0.1) is 16.7 Å². The summed E-state index contributed by atoms with van der Waals surface area (Å²) in [5.41, 5.74) is 6.31. The third kappa shape index (κ3) is 4.52. The highest BCUT2D eigenvalue weighted by Crippen LogP contribution is 2.22. The SMILES string of the molecule is NC(CO)C(=O)NCCc1ccc(Cl)c(Cl)c1. The number of rotatable bonds is 5. The number of nitrogens with two attached hydrogens (primary N) is 1. The zero-order valence-corrected chi connectivity index (χ0v) is 10.6. The molecule has 0 heterocycles. The number of halogens is 2. The van der Waals surface area contributed by atoms with Crippen LogP contribution in [-0.4, -0.2) is 30.2 Å². The molecule has 0 aliphatic heterocycles. The molecule has 1 unspecified atom stereocenters. The van der Waals surface area contributed by atoms with Gasteiger partial charge in [0.25, 0.3) is 0 Å². The molecule has 1 aromatic carbocycles. The van der Waals surface area contributed by atoms with Crippen molar-refractivity contribution in [2.75, 3.05) is 13.2 Å². The van der Waals surface area contributed by atoms with Crippen molar-refractivity contribution in [2.45, 2.75) is 12.5 Å². The molecule has 17 heavy (non-hydrogen) atoms. The maximum atomic E-state index is 11.2. The monoisotopic (exact) mass is 276 g/mol. The Balaban J connectivity index is 2.41. The molecule has 0 saturated heterocycles. The molecule has 0 bridgehead atoms. The molecule has 0 fully saturated rings. The summed E-state index contributed by atoms with van der Waals surface area (Å²) >= 11 is 11.6. The Morgan fingerprint density at radius 2 is 2.12 bits per heavy atom. The fourth-order valence-corrected chi connectivity index (χ4v) is 1.56. The van der Waals surface area contributed by atoms with Gasteiger partial charge in [0.1, 0.15) is 6.04 Å². The van der Waals surface area contributed by atoms with Gasteiger partial charge < -0.3 is 16.2 Å². The van der Waals surface area contributed by atoms with Gasteiger partial charge in [-0.3, -0.25) is 4.79 Å². The van der Waals surface area contributed by atoms with E-state index in [1.807, 2.05) is 6.07 Å². The average Bonchev–Trinajstić information content (AvgIpc) is 2.32. The molecule has 1 aromatic rings. The van der Waals surface area contributed by atoms with E-state index in [0.29, 0.717) is 23.0 Å². The Morgan fingerprint density at radius 3 is 2.71 bits per heavy atom. The van der Waals surface area contributed by atoms with Crippen molar-refractivity contribution in [1.82, 2.24) is 5.32 Å². The van der Waals surface area contributed by atoms with E-state index in [4.69, 9.17) is 34.0 Å². The van der Waals surface area contributed by atoms with Gasteiger partial charge in [-0.1, -0.05) is 29.3 Å². The first kappa shape index (κ1) is 14.3. The smallest absolute Gasteiger partial charge is 0.239 e. The van der Waals surface area contributed by atoms with E-state index in [1.54, 1.807) is 12.1 Å². The minimum absolute atomic E-state index is 0.362. The number of nitrogens with one attached hydrogen (secondary N) is 1. The first-order valence-corrected chi connectivity index (χ1v) is 5.88. The zero-order valence-electron chi connectivity index (χ0n) is 9.12. The van der Waals surface area contributed by atoms with Crippen LogP contribution in [0.4, 0.5) is 0 Å². The topological polar surface area (TPSA) is 75.3 Å². The van der Waals surface area contributed by atoms with Crippen LogP contribution < -0.4 is 11.1 Å². The molecule has 0 aliphatic rings. The number of amides is 1. The molecule has 6 heteroatoms. The van der Waals surface area contributed by atoms with Crippen LogP contribution in [0.5, 0.6) is 0 Å². The lowest BCUT2D eigenvalue weighted by atomic mass is 10.1. The number of hydrogen-bond acceptors (Lipinski definition) is 3. The largest absolute Gasteiger partial charge is 0.394 e. The van der Waals surface area contributed by atoms with Crippen molar-refractivity contribution in [1.29, 1.82) is 0 Å². The Bertz CT molecular complexity index is 399. The van der Waals surface area contributed by atoms with Gasteiger partial charge in [0.15, 0.2) is 0 Å². The first-order chi connectivity index (χ1) is 8.04. The summed E-state index contributed by atoms with van der Waals surface area (Å²) in [4.78, 5) is 11.2. The molecular formula is C11H14Cl2N2O2. The number of aliphatic hydroxyl groups is 1. The number of hydrogen-bond donors (Lipinski definition) is 3. The lowest BCUT2D eigenvalue weighted by Gasteiger charge is -2.09. The summed E-state index contributed by atoms with van der Waals surface area (Å²) in [6.45, 7) is 0.0725. The van der Waals surface area contributed by atoms with Crippen LogP contribution in [0.2, 0.25) is 10.0 Å². The van der Waals surface area contributed by atoms with E-state index in [9.17, 15) is 4.79 Å². The summed E-state index contributed by atoms with van der Waals surface area (Å²) in [6.07, 6.45) is 0.626. The molecule has 0 spiro atoms. The van der Waals surface area contributed by atoms with Gasteiger partial charge in [-0.15, -0.1) is 0 Å².